The Bertz CT molecular complexity index is 1440. The van der Waals surface area contributed by atoms with Crippen LogP contribution >= 0.6 is 23.2 Å². The average molecular weight is 545 g/mol. The Morgan fingerprint density at radius 3 is 2.35 bits per heavy atom. The zero-order valence-electron chi connectivity index (χ0n) is 20.4. The molecule has 1 N–H and O–H groups in total. The van der Waals surface area contributed by atoms with Gasteiger partial charge in [0.15, 0.2) is 0 Å². The third kappa shape index (κ3) is 5.33. The van der Waals surface area contributed by atoms with Crippen molar-refractivity contribution in [2.24, 2.45) is 0 Å². The summed E-state index contributed by atoms with van der Waals surface area (Å²) in [5, 5.41) is 9.68. The van der Waals surface area contributed by atoms with Crippen LogP contribution in [-0.2, 0) is 18.3 Å². The monoisotopic (exact) mass is 544 g/mol. The molecule has 37 heavy (non-hydrogen) atoms. The van der Waals surface area contributed by atoms with Crippen LogP contribution in [0.2, 0.25) is 10.0 Å². The molecule has 0 aliphatic carbocycles. The third-order valence-electron chi connectivity index (χ3n) is 6.42. The summed E-state index contributed by atoms with van der Waals surface area (Å²) in [7, 11) is 1.55. The van der Waals surface area contributed by atoms with Crippen LogP contribution in [-0.4, -0.2) is 27.7 Å². The molecule has 4 aromatic rings. The number of aromatic nitrogens is 2. The molecule has 3 aromatic carbocycles. The summed E-state index contributed by atoms with van der Waals surface area (Å²) in [5.41, 5.74) is 1.81. The molecule has 5 nitrogen and oxygen atoms in total. The highest BCUT2D eigenvalue weighted by Gasteiger charge is 2.30. The van der Waals surface area contributed by atoms with Crippen LogP contribution < -0.4 is 4.74 Å². The molecular weight excluding hydrogens is 521 g/mol. The molecule has 0 amide bonds. The lowest BCUT2D eigenvalue weighted by Gasteiger charge is -2.28. The summed E-state index contributed by atoms with van der Waals surface area (Å²) < 4.78 is 35.8. The van der Waals surface area contributed by atoms with E-state index in [1.807, 2.05) is 30.5 Å². The highest BCUT2D eigenvalue weighted by Crippen LogP contribution is 2.37. The Balaban J connectivity index is 1.78. The smallest absolute Gasteiger partial charge is 0.335 e. The number of benzene rings is 3. The van der Waals surface area contributed by atoms with Crippen molar-refractivity contribution >= 4 is 29.2 Å². The normalized spacial score (nSPS) is 11.5. The molecule has 0 aliphatic rings. The van der Waals surface area contributed by atoms with E-state index in [1.54, 1.807) is 31.5 Å². The largest absolute Gasteiger partial charge is 0.495 e. The Hall–Kier alpha value is -3.42. The number of carboxylic acids is 1. The zero-order chi connectivity index (χ0) is 26.9. The van der Waals surface area contributed by atoms with E-state index in [1.165, 1.54) is 18.2 Å². The molecule has 0 atom stereocenters. The number of carboxylic acid groups (broad SMARTS) is 1. The van der Waals surface area contributed by atoms with Crippen molar-refractivity contribution in [1.29, 1.82) is 0 Å². The number of methoxy groups -OCH3 is 1. The highest BCUT2D eigenvalue weighted by molar-refractivity contribution is 6.32. The van der Waals surface area contributed by atoms with Gasteiger partial charge in [0.1, 0.15) is 23.2 Å². The summed E-state index contributed by atoms with van der Waals surface area (Å²) >= 11 is 12.5. The topological polar surface area (TPSA) is 64.3 Å². The first kappa shape index (κ1) is 26.6. The van der Waals surface area contributed by atoms with E-state index >= 15 is 0 Å². The third-order valence-corrected chi connectivity index (χ3v) is 7.07. The predicted molar refractivity (Wildman–Crippen MR) is 139 cm³/mol. The van der Waals surface area contributed by atoms with Crippen molar-refractivity contribution in [3.05, 3.63) is 111 Å². The second kappa shape index (κ2) is 10.5. The van der Waals surface area contributed by atoms with E-state index < -0.39 is 17.2 Å². The molecule has 1 aromatic heterocycles. The maximum atomic E-state index is 14.7. The molecule has 4 rings (SSSR count). The van der Waals surface area contributed by atoms with E-state index in [4.69, 9.17) is 33.0 Å². The summed E-state index contributed by atoms with van der Waals surface area (Å²) in [4.78, 5) is 15.9. The summed E-state index contributed by atoms with van der Waals surface area (Å²) in [6.07, 6.45) is 2.21. The summed E-state index contributed by atoms with van der Waals surface area (Å²) in [6, 6.07) is 13.8. The lowest BCUT2D eigenvalue weighted by atomic mass is 9.81. The molecule has 9 heteroatoms. The van der Waals surface area contributed by atoms with Gasteiger partial charge in [0.25, 0.3) is 0 Å². The molecule has 0 aliphatic heterocycles. The Labute approximate surface area is 223 Å². The molecule has 0 saturated carbocycles. The Kier molecular flexibility index (Phi) is 7.57. The van der Waals surface area contributed by atoms with Crippen molar-refractivity contribution in [2.45, 2.75) is 32.1 Å². The fourth-order valence-electron chi connectivity index (χ4n) is 4.28. The van der Waals surface area contributed by atoms with Gasteiger partial charge in [-0.15, -0.1) is 0 Å². The van der Waals surface area contributed by atoms with Crippen LogP contribution in [0.3, 0.4) is 0 Å². The van der Waals surface area contributed by atoms with Gasteiger partial charge in [0.05, 0.1) is 23.4 Å². The van der Waals surface area contributed by atoms with Gasteiger partial charge in [0, 0.05) is 34.3 Å². The van der Waals surface area contributed by atoms with E-state index in [9.17, 15) is 13.6 Å². The number of halogens is 4. The van der Waals surface area contributed by atoms with Gasteiger partial charge >= 0.3 is 5.97 Å². The van der Waals surface area contributed by atoms with Gasteiger partial charge in [-0.05, 0) is 60.5 Å². The lowest BCUT2D eigenvalue weighted by molar-refractivity contribution is 0.0696. The first-order valence-corrected chi connectivity index (χ1v) is 12.2. The minimum Gasteiger partial charge on any atom is -0.495 e. The van der Waals surface area contributed by atoms with Gasteiger partial charge < -0.3 is 9.84 Å². The quantitative estimate of drug-likeness (QED) is 0.253. The van der Waals surface area contributed by atoms with Crippen molar-refractivity contribution in [2.75, 3.05) is 7.11 Å². The standard InChI is InChI=1S/C28H24Cl2F2N2O3/c1-28(2,17-4-10-21(29)24(14-17)37-3)25-15-33-26(34(25)19-7-5-18(31)6-8-19)11-9-20-22(30)12-16(27(35)36)13-23(20)32/h4-8,10,12-15H,9,11H2,1-3H3,(H,35,36). The van der Waals surface area contributed by atoms with Crippen LogP contribution in [0.15, 0.2) is 60.8 Å². The van der Waals surface area contributed by atoms with Gasteiger partial charge in [-0.25, -0.2) is 18.6 Å². The second-order valence-corrected chi connectivity index (χ2v) is 9.88. The van der Waals surface area contributed by atoms with Crippen molar-refractivity contribution in [3.8, 4) is 11.4 Å². The Morgan fingerprint density at radius 1 is 1.03 bits per heavy atom. The molecule has 0 spiro atoms. The van der Waals surface area contributed by atoms with E-state index in [2.05, 4.69) is 4.98 Å². The molecule has 0 radical (unpaired) electrons. The minimum absolute atomic E-state index is 0.0334. The maximum absolute atomic E-state index is 14.7. The molecular formula is C28H24Cl2F2N2O3. The van der Waals surface area contributed by atoms with Gasteiger partial charge in [-0.3, -0.25) is 4.57 Å². The summed E-state index contributed by atoms with van der Waals surface area (Å²) in [5.74, 6) is -1.19. The number of nitrogens with zero attached hydrogens (tertiary/aromatic N) is 2. The van der Waals surface area contributed by atoms with Crippen molar-refractivity contribution in [1.82, 2.24) is 9.55 Å². The van der Waals surface area contributed by atoms with Crippen LogP contribution in [0.1, 0.15) is 46.9 Å². The number of aryl methyl sites for hydroxylation is 1. The SMILES string of the molecule is COc1cc(C(C)(C)c2cnc(CCc3c(F)cc(C(=O)O)cc3Cl)n2-c2ccc(F)cc2)ccc1Cl. The minimum atomic E-state index is -1.26. The number of imidazole rings is 1. The molecule has 1 heterocycles. The van der Waals surface area contributed by atoms with Gasteiger partial charge in [-0.1, -0.05) is 43.1 Å². The van der Waals surface area contributed by atoms with E-state index in [0.717, 1.165) is 17.3 Å². The van der Waals surface area contributed by atoms with Crippen molar-refractivity contribution < 1.29 is 23.4 Å². The van der Waals surface area contributed by atoms with Gasteiger partial charge in [-0.2, -0.15) is 0 Å². The van der Waals surface area contributed by atoms with Crippen LogP contribution in [0.5, 0.6) is 5.75 Å². The van der Waals surface area contributed by atoms with Crippen LogP contribution in [0.25, 0.3) is 5.69 Å². The number of ether oxygens (including phenoxy) is 1. The number of rotatable bonds is 8. The molecule has 192 valence electrons. The van der Waals surface area contributed by atoms with Gasteiger partial charge in [0.2, 0.25) is 0 Å². The summed E-state index contributed by atoms with van der Waals surface area (Å²) in [6.45, 7) is 4.05. The fourth-order valence-corrected chi connectivity index (χ4v) is 4.78. The highest BCUT2D eigenvalue weighted by atomic mass is 35.5. The lowest BCUT2D eigenvalue weighted by Crippen LogP contribution is -2.23. The maximum Gasteiger partial charge on any atom is 0.335 e. The van der Waals surface area contributed by atoms with E-state index in [0.29, 0.717) is 28.7 Å². The first-order valence-electron chi connectivity index (χ1n) is 11.4. The zero-order valence-corrected chi connectivity index (χ0v) is 21.9. The Morgan fingerprint density at radius 2 is 1.73 bits per heavy atom. The van der Waals surface area contributed by atoms with Crippen LogP contribution in [0.4, 0.5) is 8.78 Å². The predicted octanol–water partition coefficient (Wildman–Crippen LogP) is 7.28. The molecule has 0 fully saturated rings. The van der Waals surface area contributed by atoms with Crippen LogP contribution in [0, 0.1) is 11.6 Å². The molecule has 0 bridgehead atoms. The number of carbonyl (C=O) groups is 1. The molecule has 0 saturated heterocycles. The number of aromatic carboxylic acids is 1. The van der Waals surface area contributed by atoms with E-state index in [-0.39, 0.29) is 28.4 Å². The first-order chi connectivity index (χ1) is 17.5. The second-order valence-electron chi connectivity index (χ2n) is 9.07. The average Bonchev–Trinajstić information content (AvgIpc) is 3.28. The fraction of sp³-hybridized carbons (Fsp3) is 0.214. The van der Waals surface area contributed by atoms with Crippen molar-refractivity contribution in [3.63, 3.8) is 0 Å². The number of hydrogen-bond donors (Lipinski definition) is 1. The number of hydrogen-bond acceptors (Lipinski definition) is 3. The molecule has 0 unspecified atom stereocenters.